The van der Waals surface area contributed by atoms with Crippen LogP contribution in [0.25, 0.3) is 0 Å². The summed E-state index contributed by atoms with van der Waals surface area (Å²) in [7, 11) is 0. The molecule has 0 radical (unpaired) electrons. The molecule has 2 rings (SSSR count). The summed E-state index contributed by atoms with van der Waals surface area (Å²) in [5.74, 6) is -1.22. The number of para-hydroxylation sites is 1. The van der Waals surface area contributed by atoms with Gasteiger partial charge in [-0.1, -0.05) is 61.9 Å². The third-order valence-electron chi connectivity index (χ3n) is 3.38. The second-order valence-corrected chi connectivity index (χ2v) is 6.44. The summed E-state index contributed by atoms with van der Waals surface area (Å²) in [6.07, 6.45) is 3.00. The third-order valence-corrected chi connectivity index (χ3v) is 4.46. The Bertz CT molecular complexity index is 674. The van der Waals surface area contributed by atoms with Gasteiger partial charge in [-0.2, -0.15) is 0 Å². The Morgan fingerprint density at radius 1 is 0.917 bits per heavy atom. The van der Waals surface area contributed by atoms with Crippen molar-refractivity contribution in [3.05, 3.63) is 54.6 Å². The van der Waals surface area contributed by atoms with Crippen LogP contribution in [0.1, 0.15) is 26.2 Å². The Balaban J connectivity index is 1.96. The molecule has 2 aromatic carbocycles. The van der Waals surface area contributed by atoms with Gasteiger partial charge in [-0.05, 0) is 30.7 Å². The van der Waals surface area contributed by atoms with Gasteiger partial charge in [0.25, 0.3) is 0 Å². The van der Waals surface area contributed by atoms with E-state index in [-0.39, 0.29) is 0 Å². The zero-order valence-electron chi connectivity index (χ0n) is 13.7. The summed E-state index contributed by atoms with van der Waals surface area (Å²) in [4.78, 5) is 25.9. The Labute approximate surface area is 147 Å². The van der Waals surface area contributed by atoms with Crippen molar-refractivity contribution in [1.82, 2.24) is 5.32 Å². The molecule has 0 aromatic heterocycles. The molecule has 0 atom stereocenters. The SMILES string of the molecule is CCCCCNC(=O)C(=O)Nc1ccccc1Sc1ccccc1. The average Bonchev–Trinajstić information content (AvgIpc) is 2.61. The first kappa shape index (κ1) is 18.1. The number of hydrogen-bond acceptors (Lipinski definition) is 3. The number of benzene rings is 2. The number of hydrogen-bond donors (Lipinski definition) is 2. The Morgan fingerprint density at radius 2 is 1.62 bits per heavy atom. The molecule has 0 bridgehead atoms. The third kappa shape index (κ3) is 5.74. The van der Waals surface area contributed by atoms with Gasteiger partial charge in [0.05, 0.1) is 5.69 Å². The topological polar surface area (TPSA) is 58.2 Å². The van der Waals surface area contributed by atoms with E-state index in [0.717, 1.165) is 29.1 Å². The molecule has 4 nitrogen and oxygen atoms in total. The van der Waals surface area contributed by atoms with Crippen molar-refractivity contribution in [3.63, 3.8) is 0 Å². The lowest BCUT2D eigenvalue weighted by Crippen LogP contribution is -2.36. The standard InChI is InChI=1S/C19H22N2O2S/c1-2-3-9-14-20-18(22)19(23)21-16-12-7-8-13-17(16)24-15-10-5-4-6-11-15/h4-8,10-13H,2-3,9,14H2,1H3,(H,20,22)(H,21,23). The fraction of sp³-hybridized carbons (Fsp3) is 0.263. The predicted molar refractivity (Wildman–Crippen MR) is 98.2 cm³/mol. The van der Waals surface area contributed by atoms with Crippen molar-refractivity contribution in [2.45, 2.75) is 36.0 Å². The molecule has 2 N–H and O–H groups in total. The Hall–Kier alpha value is -2.27. The second-order valence-electron chi connectivity index (χ2n) is 5.33. The molecule has 2 amide bonds. The smallest absolute Gasteiger partial charge is 0.313 e. The van der Waals surface area contributed by atoms with Crippen molar-refractivity contribution in [2.75, 3.05) is 11.9 Å². The van der Waals surface area contributed by atoms with Crippen molar-refractivity contribution in [1.29, 1.82) is 0 Å². The molecule has 0 heterocycles. The number of carbonyl (C=O) groups is 2. The van der Waals surface area contributed by atoms with Crippen molar-refractivity contribution in [3.8, 4) is 0 Å². The van der Waals surface area contributed by atoms with E-state index in [2.05, 4.69) is 17.6 Å². The van der Waals surface area contributed by atoms with Gasteiger partial charge >= 0.3 is 11.8 Å². The van der Waals surface area contributed by atoms with Crippen molar-refractivity contribution >= 4 is 29.3 Å². The minimum Gasteiger partial charge on any atom is -0.348 e. The van der Waals surface area contributed by atoms with E-state index in [0.29, 0.717) is 12.2 Å². The summed E-state index contributed by atoms with van der Waals surface area (Å²) in [5.41, 5.74) is 0.639. The van der Waals surface area contributed by atoms with E-state index in [4.69, 9.17) is 0 Å². The highest BCUT2D eigenvalue weighted by atomic mass is 32.2. The highest BCUT2D eigenvalue weighted by molar-refractivity contribution is 7.99. The molecule has 0 unspecified atom stereocenters. The van der Waals surface area contributed by atoms with Crippen LogP contribution in [0.3, 0.4) is 0 Å². The molecule has 0 aliphatic carbocycles. The molecule has 2 aromatic rings. The molecule has 0 saturated carbocycles. The van der Waals surface area contributed by atoms with Crippen LogP contribution in [-0.4, -0.2) is 18.4 Å². The molecule has 5 heteroatoms. The van der Waals surface area contributed by atoms with E-state index >= 15 is 0 Å². The molecular weight excluding hydrogens is 320 g/mol. The van der Waals surface area contributed by atoms with Crippen LogP contribution in [0.4, 0.5) is 5.69 Å². The minimum atomic E-state index is -0.632. The minimum absolute atomic E-state index is 0.528. The van der Waals surface area contributed by atoms with Crippen LogP contribution in [0, 0.1) is 0 Å². The number of nitrogens with one attached hydrogen (secondary N) is 2. The van der Waals surface area contributed by atoms with Crippen LogP contribution in [0.15, 0.2) is 64.4 Å². The first-order valence-electron chi connectivity index (χ1n) is 8.12. The van der Waals surface area contributed by atoms with Crippen LogP contribution in [0.5, 0.6) is 0 Å². The first-order chi connectivity index (χ1) is 11.7. The Morgan fingerprint density at radius 3 is 2.38 bits per heavy atom. The van der Waals surface area contributed by atoms with Gasteiger partial charge in [0.15, 0.2) is 0 Å². The lowest BCUT2D eigenvalue weighted by atomic mass is 10.2. The number of amides is 2. The van der Waals surface area contributed by atoms with E-state index < -0.39 is 11.8 Å². The zero-order chi connectivity index (χ0) is 17.2. The van der Waals surface area contributed by atoms with Gasteiger partial charge in [-0.3, -0.25) is 9.59 Å². The van der Waals surface area contributed by atoms with Gasteiger partial charge < -0.3 is 10.6 Å². The average molecular weight is 342 g/mol. The summed E-state index contributed by atoms with van der Waals surface area (Å²) in [5, 5.41) is 5.35. The van der Waals surface area contributed by atoms with E-state index in [9.17, 15) is 9.59 Å². The van der Waals surface area contributed by atoms with Crippen LogP contribution in [0.2, 0.25) is 0 Å². The van der Waals surface area contributed by atoms with Crippen LogP contribution in [-0.2, 0) is 9.59 Å². The van der Waals surface area contributed by atoms with E-state index in [1.807, 2.05) is 48.5 Å². The Kier molecular flexibility index (Phi) is 7.36. The molecule has 0 aliphatic rings. The molecule has 0 aliphatic heterocycles. The predicted octanol–water partition coefficient (Wildman–Crippen LogP) is 4.08. The molecule has 0 fully saturated rings. The van der Waals surface area contributed by atoms with Gasteiger partial charge in [0.2, 0.25) is 0 Å². The van der Waals surface area contributed by atoms with E-state index in [1.54, 1.807) is 17.8 Å². The maximum Gasteiger partial charge on any atom is 0.313 e. The maximum absolute atomic E-state index is 12.0. The molecular formula is C19H22N2O2S. The summed E-state index contributed by atoms with van der Waals surface area (Å²) in [6.45, 7) is 2.62. The lowest BCUT2D eigenvalue weighted by molar-refractivity contribution is -0.136. The van der Waals surface area contributed by atoms with Gasteiger partial charge in [0.1, 0.15) is 0 Å². The first-order valence-corrected chi connectivity index (χ1v) is 8.93. The number of anilines is 1. The normalized spacial score (nSPS) is 10.2. The second kappa shape index (κ2) is 9.78. The highest BCUT2D eigenvalue weighted by Gasteiger charge is 2.15. The van der Waals surface area contributed by atoms with Crippen molar-refractivity contribution in [2.24, 2.45) is 0 Å². The fourth-order valence-electron chi connectivity index (χ4n) is 2.11. The quantitative estimate of drug-likeness (QED) is 0.589. The van der Waals surface area contributed by atoms with Crippen molar-refractivity contribution < 1.29 is 9.59 Å². The molecule has 126 valence electrons. The lowest BCUT2D eigenvalue weighted by Gasteiger charge is -2.11. The van der Waals surface area contributed by atoms with Gasteiger partial charge in [-0.15, -0.1) is 0 Å². The summed E-state index contributed by atoms with van der Waals surface area (Å²) >= 11 is 1.55. The van der Waals surface area contributed by atoms with Gasteiger partial charge in [0, 0.05) is 16.3 Å². The molecule has 0 spiro atoms. The highest BCUT2D eigenvalue weighted by Crippen LogP contribution is 2.33. The number of carbonyl (C=O) groups excluding carboxylic acids is 2. The summed E-state index contributed by atoms with van der Waals surface area (Å²) < 4.78 is 0. The molecule has 0 saturated heterocycles. The largest absolute Gasteiger partial charge is 0.348 e. The zero-order valence-corrected chi connectivity index (χ0v) is 14.6. The number of rotatable bonds is 7. The monoisotopic (exact) mass is 342 g/mol. The van der Waals surface area contributed by atoms with Crippen LogP contribution >= 0.6 is 11.8 Å². The fourth-order valence-corrected chi connectivity index (χ4v) is 3.03. The number of unbranched alkanes of at least 4 members (excludes halogenated alkanes) is 2. The van der Waals surface area contributed by atoms with E-state index in [1.165, 1.54) is 0 Å². The maximum atomic E-state index is 12.0. The summed E-state index contributed by atoms with van der Waals surface area (Å²) in [6, 6.07) is 17.4. The van der Waals surface area contributed by atoms with Gasteiger partial charge in [-0.25, -0.2) is 0 Å². The molecule has 24 heavy (non-hydrogen) atoms. The van der Waals surface area contributed by atoms with Crippen LogP contribution < -0.4 is 10.6 Å².